The van der Waals surface area contributed by atoms with E-state index >= 15 is 0 Å². The predicted octanol–water partition coefficient (Wildman–Crippen LogP) is 1.37. The van der Waals surface area contributed by atoms with E-state index < -0.39 is 5.54 Å². The van der Waals surface area contributed by atoms with E-state index in [0.717, 1.165) is 19.5 Å². The Morgan fingerprint density at radius 3 is 2.40 bits per heavy atom. The van der Waals surface area contributed by atoms with Gasteiger partial charge in [0.15, 0.2) is 0 Å². The Hall–Kier alpha value is -0.650. The number of ether oxygens (including phenoxy) is 1. The molecule has 0 saturated heterocycles. The van der Waals surface area contributed by atoms with Crippen LogP contribution in [0.5, 0.6) is 0 Å². The summed E-state index contributed by atoms with van der Waals surface area (Å²) in [5.41, 5.74) is 4.93. The Morgan fingerprint density at radius 1 is 1.40 bits per heavy atom. The van der Waals surface area contributed by atoms with Gasteiger partial charge in [-0.1, -0.05) is 6.92 Å². The van der Waals surface area contributed by atoms with Crippen molar-refractivity contribution in [1.29, 1.82) is 0 Å². The highest BCUT2D eigenvalue weighted by Crippen LogP contribution is 2.18. The average molecular weight is 287 g/mol. The molecule has 0 aliphatic heterocycles. The molecule has 0 spiro atoms. The number of nitrogens with one attached hydrogen (secondary N) is 1. The van der Waals surface area contributed by atoms with Gasteiger partial charge in [-0.15, -0.1) is 0 Å². The summed E-state index contributed by atoms with van der Waals surface area (Å²) in [5.74, 6) is -0.284. The second-order valence-electron chi connectivity index (χ2n) is 6.00. The van der Waals surface area contributed by atoms with Crippen molar-refractivity contribution in [2.24, 2.45) is 5.73 Å². The molecule has 120 valence electrons. The maximum atomic E-state index is 11.8. The molecule has 2 unspecified atom stereocenters. The zero-order valence-electron chi connectivity index (χ0n) is 14.0. The first-order valence-electron chi connectivity index (χ1n) is 7.58. The normalized spacial score (nSPS) is 16.4. The molecule has 20 heavy (non-hydrogen) atoms. The monoisotopic (exact) mass is 287 g/mol. The molecule has 0 fully saturated rings. The van der Waals surface area contributed by atoms with Gasteiger partial charge in [0.25, 0.3) is 0 Å². The molecule has 0 rings (SSSR count). The molecule has 0 aliphatic carbocycles. The summed E-state index contributed by atoms with van der Waals surface area (Å²) in [4.78, 5) is 14.1. The van der Waals surface area contributed by atoms with Gasteiger partial charge in [0, 0.05) is 25.7 Å². The SMILES string of the molecule is CCCNC(C)(CC(C)N(CCOC)C(C)C)C(N)=O. The van der Waals surface area contributed by atoms with Crippen molar-refractivity contribution in [1.82, 2.24) is 10.2 Å². The molecule has 0 aliphatic rings. The largest absolute Gasteiger partial charge is 0.383 e. The summed E-state index contributed by atoms with van der Waals surface area (Å²) in [6.45, 7) is 12.8. The third-order valence-corrected chi connectivity index (χ3v) is 3.80. The molecule has 0 aromatic carbocycles. The third kappa shape index (κ3) is 6.20. The summed E-state index contributed by atoms with van der Waals surface area (Å²) in [7, 11) is 1.71. The summed E-state index contributed by atoms with van der Waals surface area (Å²) in [6.07, 6.45) is 1.68. The van der Waals surface area contributed by atoms with E-state index in [-0.39, 0.29) is 11.9 Å². The minimum atomic E-state index is -0.657. The highest BCUT2D eigenvalue weighted by molar-refractivity contribution is 5.84. The number of amides is 1. The van der Waals surface area contributed by atoms with Crippen LogP contribution < -0.4 is 11.1 Å². The van der Waals surface area contributed by atoms with E-state index in [9.17, 15) is 4.79 Å². The highest BCUT2D eigenvalue weighted by atomic mass is 16.5. The first-order valence-corrected chi connectivity index (χ1v) is 7.58. The number of primary amides is 1. The third-order valence-electron chi connectivity index (χ3n) is 3.80. The number of hydrogen-bond donors (Lipinski definition) is 2. The van der Waals surface area contributed by atoms with Gasteiger partial charge in [0.05, 0.1) is 12.1 Å². The van der Waals surface area contributed by atoms with E-state index in [2.05, 4.69) is 37.9 Å². The van der Waals surface area contributed by atoms with Crippen molar-refractivity contribution >= 4 is 5.91 Å². The van der Waals surface area contributed by atoms with Gasteiger partial charge in [0.1, 0.15) is 0 Å². The molecule has 5 heteroatoms. The molecule has 1 amide bonds. The van der Waals surface area contributed by atoms with Crippen LogP contribution in [0.25, 0.3) is 0 Å². The molecular weight excluding hydrogens is 254 g/mol. The minimum absolute atomic E-state index is 0.256. The number of carbonyl (C=O) groups excluding carboxylic acids is 1. The Balaban J connectivity index is 4.77. The number of nitrogens with two attached hydrogens (primary N) is 1. The lowest BCUT2D eigenvalue weighted by molar-refractivity contribution is -0.124. The van der Waals surface area contributed by atoms with Gasteiger partial charge in [-0.25, -0.2) is 0 Å². The molecule has 3 N–H and O–H groups in total. The van der Waals surface area contributed by atoms with E-state index in [1.54, 1.807) is 7.11 Å². The first-order chi connectivity index (χ1) is 9.28. The molecule has 0 heterocycles. The summed E-state index contributed by atoms with van der Waals surface area (Å²) in [5, 5.41) is 3.29. The number of carbonyl (C=O) groups is 1. The molecular formula is C15H33N3O2. The lowest BCUT2D eigenvalue weighted by Gasteiger charge is -2.38. The highest BCUT2D eigenvalue weighted by Gasteiger charge is 2.34. The quantitative estimate of drug-likeness (QED) is 0.602. The summed E-state index contributed by atoms with van der Waals surface area (Å²) in [6, 6.07) is 0.662. The zero-order valence-corrected chi connectivity index (χ0v) is 14.0. The number of hydrogen-bond acceptors (Lipinski definition) is 4. The van der Waals surface area contributed by atoms with Crippen LogP contribution in [-0.4, -0.2) is 55.2 Å². The molecule has 5 nitrogen and oxygen atoms in total. The van der Waals surface area contributed by atoms with Crippen LogP contribution in [-0.2, 0) is 9.53 Å². The van der Waals surface area contributed by atoms with Crippen LogP contribution in [0, 0.1) is 0 Å². The van der Waals surface area contributed by atoms with Crippen molar-refractivity contribution in [3.63, 3.8) is 0 Å². The maximum absolute atomic E-state index is 11.8. The Bertz CT molecular complexity index is 284. The van der Waals surface area contributed by atoms with E-state index in [4.69, 9.17) is 10.5 Å². The van der Waals surface area contributed by atoms with Gasteiger partial charge >= 0.3 is 0 Å². The lowest BCUT2D eigenvalue weighted by atomic mass is 9.91. The van der Waals surface area contributed by atoms with Crippen LogP contribution in [0.1, 0.15) is 47.5 Å². The van der Waals surface area contributed by atoms with Crippen molar-refractivity contribution in [3.8, 4) is 0 Å². The summed E-state index contributed by atoms with van der Waals surface area (Å²) < 4.78 is 5.17. The zero-order chi connectivity index (χ0) is 15.8. The number of methoxy groups -OCH3 is 1. The van der Waals surface area contributed by atoms with Crippen LogP contribution in [0.4, 0.5) is 0 Å². The maximum Gasteiger partial charge on any atom is 0.237 e. The minimum Gasteiger partial charge on any atom is -0.383 e. The molecule has 0 saturated carbocycles. The van der Waals surface area contributed by atoms with Gasteiger partial charge < -0.3 is 15.8 Å². The second-order valence-corrected chi connectivity index (χ2v) is 6.00. The van der Waals surface area contributed by atoms with E-state index in [0.29, 0.717) is 19.1 Å². The first kappa shape index (κ1) is 19.4. The summed E-state index contributed by atoms with van der Waals surface area (Å²) >= 11 is 0. The van der Waals surface area contributed by atoms with Crippen molar-refractivity contribution in [2.75, 3.05) is 26.8 Å². The van der Waals surface area contributed by atoms with Crippen molar-refractivity contribution < 1.29 is 9.53 Å². The Kier molecular flexibility index (Phi) is 9.01. The van der Waals surface area contributed by atoms with Crippen LogP contribution in [0.15, 0.2) is 0 Å². The van der Waals surface area contributed by atoms with E-state index in [1.165, 1.54) is 0 Å². The fourth-order valence-corrected chi connectivity index (χ4v) is 2.55. The molecule has 0 bridgehead atoms. The smallest absolute Gasteiger partial charge is 0.237 e. The molecule has 0 aromatic heterocycles. The Labute approximate surface area is 124 Å². The lowest BCUT2D eigenvalue weighted by Crippen LogP contribution is -2.57. The van der Waals surface area contributed by atoms with Crippen molar-refractivity contribution in [2.45, 2.75) is 65.1 Å². The standard InChI is InChI=1S/C15H33N3O2/c1-7-8-17-15(5,14(16)19)11-13(4)18(12(2)3)9-10-20-6/h12-13,17H,7-11H2,1-6H3,(H2,16,19). The van der Waals surface area contributed by atoms with Crippen LogP contribution in [0.3, 0.4) is 0 Å². The number of rotatable bonds is 11. The van der Waals surface area contributed by atoms with Crippen molar-refractivity contribution in [3.05, 3.63) is 0 Å². The Morgan fingerprint density at radius 2 is 2.00 bits per heavy atom. The topological polar surface area (TPSA) is 67.6 Å². The average Bonchev–Trinajstić information content (AvgIpc) is 2.36. The fourth-order valence-electron chi connectivity index (χ4n) is 2.55. The van der Waals surface area contributed by atoms with Gasteiger partial charge in [-0.3, -0.25) is 9.69 Å². The fraction of sp³-hybridized carbons (Fsp3) is 0.933. The predicted molar refractivity (Wildman–Crippen MR) is 83.7 cm³/mol. The van der Waals surface area contributed by atoms with Gasteiger partial charge in [-0.05, 0) is 47.1 Å². The molecule has 0 radical (unpaired) electrons. The molecule has 0 aromatic rings. The van der Waals surface area contributed by atoms with Crippen LogP contribution >= 0.6 is 0 Å². The van der Waals surface area contributed by atoms with Gasteiger partial charge in [0.2, 0.25) is 5.91 Å². The number of nitrogens with zero attached hydrogens (tertiary/aromatic N) is 1. The van der Waals surface area contributed by atoms with E-state index in [1.807, 2.05) is 6.92 Å². The molecule has 2 atom stereocenters. The van der Waals surface area contributed by atoms with Gasteiger partial charge in [-0.2, -0.15) is 0 Å². The van der Waals surface area contributed by atoms with Crippen LogP contribution in [0.2, 0.25) is 0 Å². The second kappa shape index (κ2) is 9.32.